The van der Waals surface area contributed by atoms with Gasteiger partial charge in [-0.15, -0.1) is 0 Å². The molecule has 0 atom stereocenters. The van der Waals surface area contributed by atoms with Crippen molar-refractivity contribution in [2.75, 3.05) is 65.8 Å². The lowest BCUT2D eigenvalue weighted by Gasteiger charge is -2.34. The van der Waals surface area contributed by atoms with Gasteiger partial charge in [0.15, 0.2) is 0 Å². The Morgan fingerprint density at radius 3 is 2.23 bits per heavy atom. The minimum atomic E-state index is -0.475. The van der Waals surface area contributed by atoms with Gasteiger partial charge in [0.25, 0.3) is 11.6 Å². The average molecular weight is 363 g/mol. The highest BCUT2D eigenvalue weighted by atomic mass is 16.6. The van der Waals surface area contributed by atoms with Crippen molar-refractivity contribution >= 4 is 23.2 Å². The molecule has 142 valence electrons. The molecule has 9 nitrogen and oxygen atoms in total. The Morgan fingerprint density at radius 1 is 1.12 bits per heavy atom. The molecule has 26 heavy (non-hydrogen) atoms. The van der Waals surface area contributed by atoms with Gasteiger partial charge in [-0.2, -0.15) is 0 Å². The molecule has 1 aliphatic heterocycles. The zero-order valence-corrected chi connectivity index (χ0v) is 15.6. The summed E-state index contributed by atoms with van der Waals surface area (Å²) in [5.74, 6) is -0.198. The number of amides is 2. The number of carbonyl (C=O) groups excluding carboxylic acids is 2. The molecule has 1 saturated heterocycles. The van der Waals surface area contributed by atoms with Crippen molar-refractivity contribution in [2.45, 2.75) is 0 Å². The molecule has 1 fully saturated rings. The summed E-state index contributed by atoms with van der Waals surface area (Å²) in [6.07, 6.45) is 0. The third-order valence-electron chi connectivity index (χ3n) is 4.42. The van der Waals surface area contributed by atoms with Gasteiger partial charge in [-0.1, -0.05) is 0 Å². The van der Waals surface area contributed by atoms with Crippen molar-refractivity contribution in [3.05, 3.63) is 33.9 Å². The zero-order valence-electron chi connectivity index (χ0n) is 15.6. The number of anilines is 1. The van der Waals surface area contributed by atoms with Crippen LogP contribution in [0.25, 0.3) is 0 Å². The first-order valence-electron chi connectivity index (χ1n) is 8.38. The molecule has 0 radical (unpaired) electrons. The highest BCUT2D eigenvalue weighted by Gasteiger charge is 2.26. The van der Waals surface area contributed by atoms with Crippen LogP contribution in [-0.4, -0.2) is 92.4 Å². The van der Waals surface area contributed by atoms with E-state index in [1.54, 1.807) is 55.0 Å². The van der Waals surface area contributed by atoms with Crippen LogP contribution in [0.15, 0.2) is 18.2 Å². The molecule has 2 amide bonds. The lowest BCUT2D eigenvalue weighted by Crippen LogP contribution is -2.51. The molecule has 0 N–H and O–H groups in total. The molecule has 0 aliphatic carbocycles. The number of nitrogens with zero attached hydrogens (tertiary/aromatic N) is 5. The van der Waals surface area contributed by atoms with Crippen molar-refractivity contribution in [1.29, 1.82) is 0 Å². The number of nitro groups is 1. The van der Waals surface area contributed by atoms with Gasteiger partial charge in [-0.3, -0.25) is 24.6 Å². The molecule has 0 spiro atoms. The molecule has 1 heterocycles. The third kappa shape index (κ3) is 4.48. The molecular formula is C17H25N5O4. The fourth-order valence-corrected chi connectivity index (χ4v) is 2.81. The summed E-state index contributed by atoms with van der Waals surface area (Å²) in [4.78, 5) is 42.1. The van der Waals surface area contributed by atoms with Gasteiger partial charge >= 0.3 is 0 Å². The van der Waals surface area contributed by atoms with Crippen molar-refractivity contribution < 1.29 is 14.5 Å². The first-order valence-corrected chi connectivity index (χ1v) is 8.38. The van der Waals surface area contributed by atoms with E-state index >= 15 is 0 Å². The van der Waals surface area contributed by atoms with E-state index in [1.807, 2.05) is 4.90 Å². The molecule has 0 saturated carbocycles. The summed E-state index contributed by atoms with van der Waals surface area (Å²) >= 11 is 0. The Labute approximate surface area is 152 Å². The predicted octanol–water partition coefficient (Wildman–Crippen LogP) is 0.507. The largest absolute Gasteiger partial charge is 0.372 e. The van der Waals surface area contributed by atoms with Crippen molar-refractivity contribution in [1.82, 2.24) is 14.7 Å². The zero-order chi connectivity index (χ0) is 19.4. The van der Waals surface area contributed by atoms with E-state index in [0.29, 0.717) is 44.0 Å². The summed E-state index contributed by atoms with van der Waals surface area (Å²) in [6, 6.07) is 4.55. The van der Waals surface area contributed by atoms with Crippen LogP contribution in [0.2, 0.25) is 0 Å². The number of nitro benzene ring substituents is 1. The topological polar surface area (TPSA) is 90.2 Å². The number of hydrogen-bond acceptors (Lipinski definition) is 6. The number of likely N-dealkylation sites (N-methyl/N-ethyl adjacent to an activating group) is 1. The second-order valence-corrected chi connectivity index (χ2v) is 6.71. The van der Waals surface area contributed by atoms with E-state index in [0.717, 1.165) is 0 Å². The maximum Gasteiger partial charge on any atom is 0.293 e. The van der Waals surface area contributed by atoms with Crippen LogP contribution in [0.1, 0.15) is 10.4 Å². The standard InChI is InChI=1S/C17H25N5O4/c1-18(2)14-6-5-13(11-15(14)22(25)26)17(24)21-9-7-20(8-10-21)12-16(23)19(3)4/h5-6,11H,7-10,12H2,1-4H3. The second kappa shape index (κ2) is 8.13. The van der Waals surface area contributed by atoms with Crippen molar-refractivity contribution in [2.24, 2.45) is 0 Å². The molecule has 0 aromatic heterocycles. The van der Waals surface area contributed by atoms with Crippen LogP contribution in [0, 0.1) is 10.1 Å². The Kier molecular flexibility index (Phi) is 6.14. The number of piperazine rings is 1. The molecule has 0 unspecified atom stereocenters. The molecule has 1 aromatic carbocycles. The van der Waals surface area contributed by atoms with Crippen LogP contribution in [0.4, 0.5) is 11.4 Å². The summed E-state index contributed by atoms with van der Waals surface area (Å²) in [5.41, 5.74) is 0.676. The van der Waals surface area contributed by atoms with E-state index in [1.165, 1.54) is 6.07 Å². The SMILES string of the molecule is CN(C)C(=O)CN1CCN(C(=O)c2ccc(N(C)C)c([N+](=O)[O-])c2)CC1. The fourth-order valence-electron chi connectivity index (χ4n) is 2.81. The highest BCUT2D eigenvalue weighted by Crippen LogP contribution is 2.28. The molecule has 9 heteroatoms. The maximum atomic E-state index is 12.7. The minimum absolute atomic E-state index is 0.0275. The first kappa shape index (κ1) is 19.6. The van der Waals surface area contributed by atoms with Gasteiger partial charge in [0, 0.05) is 66.0 Å². The fraction of sp³-hybridized carbons (Fsp3) is 0.529. The van der Waals surface area contributed by atoms with Crippen LogP contribution in [-0.2, 0) is 4.79 Å². The Morgan fingerprint density at radius 2 is 1.73 bits per heavy atom. The Bertz CT molecular complexity index is 696. The summed E-state index contributed by atoms with van der Waals surface area (Å²) in [7, 11) is 6.87. The highest BCUT2D eigenvalue weighted by molar-refractivity contribution is 5.96. The molecule has 1 aliphatic rings. The van der Waals surface area contributed by atoms with Gasteiger partial charge in [0.05, 0.1) is 11.5 Å². The summed E-state index contributed by atoms with van der Waals surface area (Å²) in [6.45, 7) is 2.51. The van der Waals surface area contributed by atoms with E-state index < -0.39 is 4.92 Å². The van der Waals surface area contributed by atoms with Crippen LogP contribution >= 0.6 is 0 Å². The number of hydrogen-bond donors (Lipinski definition) is 0. The van der Waals surface area contributed by atoms with E-state index in [-0.39, 0.29) is 17.5 Å². The van der Waals surface area contributed by atoms with Crippen LogP contribution < -0.4 is 4.90 Å². The van der Waals surface area contributed by atoms with E-state index in [4.69, 9.17) is 0 Å². The van der Waals surface area contributed by atoms with Gasteiger partial charge in [-0.25, -0.2) is 0 Å². The third-order valence-corrected chi connectivity index (χ3v) is 4.42. The maximum absolute atomic E-state index is 12.7. The lowest BCUT2D eigenvalue weighted by molar-refractivity contribution is -0.384. The average Bonchev–Trinajstić information content (AvgIpc) is 2.60. The monoisotopic (exact) mass is 363 g/mol. The Balaban J connectivity index is 2.05. The van der Waals surface area contributed by atoms with E-state index in [2.05, 4.69) is 0 Å². The van der Waals surface area contributed by atoms with Crippen molar-refractivity contribution in [3.8, 4) is 0 Å². The number of carbonyl (C=O) groups is 2. The van der Waals surface area contributed by atoms with Gasteiger partial charge in [0.2, 0.25) is 5.91 Å². The van der Waals surface area contributed by atoms with Crippen molar-refractivity contribution in [3.63, 3.8) is 0 Å². The number of benzene rings is 1. The minimum Gasteiger partial charge on any atom is -0.372 e. The normalized spacial score (nSPS) is 14.8. The summed E-state index contributed by atoms with van der Waals surface area (Å²) in [5, 5.41) is 11.3. The molecule has 1 aromatic rings. The van der Waals surface area contributed by atoms with Gasteiger partial charge in [-0.05, 0) is 12.1 Å². The molecular weight excluding hydrogens is 338 g/mol. The number of rotatable bonds is 5. The van der Waals surface area contributed by atoms with Gasteiger partial charge < -0.3 is 14.7 Å². The smallest absolute Gasteiger partial charge is 0.293 e. The lowest BCUT2D eigenvalue weighted by atomic mass is 10.1. The summed E-state index contributed by atoms with van der Waals surface area (Å²) < 4.78 is 0. The van der Waals surface area contributed by atoms with Gasteiger partial charge in [0.1, 0.15) is 5.69 Å². The quantitative estimate of drug-likeness (QED) is 0.559. The molecule has 2 rings (SSSR count). The first-order chi connectivity index (χ1) is 12.2. The predicted molar refractivity (Wildman–Crippen MR) is 98.5 cm³/mol. The van der Waals surface area contributed by atoms with Crippen LogP contribution in [0.5, 0.6) is 0 Å². The van der Waals surface area contributed by atoms with E-state index in [9.17, 15) is 19.7 Å². The molecule has 0 bridgehead atoms. The Hall–Kier alpha value is -2.68. The van der Waals surface area contributed by atoms with Crippen LogP contribution in [0.3, 0.4) is 0 Å². The second-order valence-electron chi connectivity index (χ2n) is 6.71.